The van der Waals surface area contributed by atoms with Gasteiger partial charge in [-0.15, -0.1) is 11.3 Å². The van der Waals surface area contributed by atoms with Crippen LogP contribution in [0, 0.1) is 0 Å². The quantitative estimate of drug-likeness (QED) is 0.788. The van der Waals surface area contributed by atoms with Crippen LogP contribution in [-0.2, 0) is 0 Å². The predicted molar refractivity (Wildman–Crippen MR) is 52.6 cm³/mol. The molecule has 0 bridgehead atoms. The molecule has 5 heteroatoms. The van der Waals surface area contributed by atoms with Crippen molar-refractivity contribution in [3.05, 3.63) is 29.0 Å². The van der Waals surface area contributed by atoms with Crippen LogP contribution in [0.2, 0.25) is 0 Å². The Kier molecular flexibility index (Phi) is 2.02. The summed E-state index contributed by atoms with van der Waals surface area (Å²) in [6.07, 6.45) is 5.25. The van der Waals surface area contributed by atoms with Gasteiger partial charge in [0.1, 0.15) is 11.0 Å². The largest absolute Gasteiger partial charge is 0.396 e. The highest BCUT2D eigenvalue weighted by molar-refractivity contribution is 7.09. The zero-order chi connectivity index (χ0) is 9.26. The second-order valence-electron chi connectivity index (χ2n) is 2.80. The molecule has 0 aliphatic carbocycles. The van der Waals surface area contributed by atoms with Gasteiger partial charge in [0.25, 0.3) is 0 Å². The Balaban J connectivity index is 2.28. The van der Waals surface area contributed by atoms with Crippen molar-refractivity contribution in [2.24, 2.45) is 0 Å². The van der Waals surface area contributed by atoms with E-state index < -0.39 is 0 Å². The lowest BCUT2D eigenvalue weighted by atomic mass is 10.4. The van der Waals surface area contributed by atoms with Crippen molar-refractivity contribution in [1.82, 2.24) is 14.8 Å². The first-order valence-corrected chi connectivity index (χ1v) is 4.84. The molecule has 0 saturated heterocycles. The molecule has 13 heavy (non-hydrogen) atoms. The first kappa shape index (κ1) is 8.25. The van der Waals surface area contributed by atoms with E-state index in [9.17, 15) is 0 Å². The molecule has 0 fully saturated rings. The van der Waals surface area contributed by atoms with Gasteiger partial charge in [-0.2, -0.15) is 5.10 Å². The fraction of sp³-hybridized carbons (Fsp3) is 0.250. The van der Waals surface area contributed by atoms with Crippen molar-refractivity contribution in [1.29, 1.82) is 0 Å². The Hall–Kier alpha value is -1.36. The van der Waals surface area contributed by atoms with E-state index in [0.29, 0.717) is 5.69 Å². The van der Waals surface area contributed by atoms with E-state index in [2.05, 4.69) is 10.1 Å². The highest BCUT2D eigenvalue weighted by Gasteiger charge is 2.10. The third kappa shape index (κ3) is 1.55. The van der Waals surface area contributed by atoms with Crippen LogP contribution in [0.3, 0.4) is 0 Å². The lowest BCUT2D eigenvalue weighted by Crippen LogP contribution is -2.06. The number of thiazole rings is 1. The molecule has 68 valence electrons. The van der Waals surface area contributed by atoms with Crippen LogP contribution in [-0.4, -0.2) is 14.8 Å². The van der Waals surface area contributed by atoms with Crippen molar-refractivity contribution in [3.8, 4) is 0 Å². The lowest BCUT2D eigenvalue weighted by Gasteiger charge is -2.07. The summed E-state index contributed by atoms with van der Waals surface area (Å²) in [6, 6.07) is 0.164. The average Bonchev–Trinajstić information content (AvgIpc) is 2.72. The molecule has 4 nitrogen and oxygen atoms in total. The minimum atomic E-state index is 0.164. The number of nitrogens with zero attached hydrogens (tertiary/aromatic N) is 3. The van der Waals surface area contributed by atoms with Gasteiger partial charge in [-0.1, -0.05) is 0 Å². The Morgan fingerprint density at radius 3 is 3.00 bits per heavy atom. The summed E-state index contributed by atoms with van der Waals surface area (Å²) < 4.78 is 1.81. The molecule has 0 saturated carbocycles. The Bertz CT molecular complexity index is 379. The normalized spacial score (nSPS) is 13.0. The molecule has 2 rings (SSSR count). The van der Waals surface area contributed by atoms with Gasteiger partial charge in [-0.05, 0) is 6.92 Å². The smallest absolute Gasteiger partial charge is 0.117 e. The molecular formula is C8H10N4S. The molecule has 0 radical (unpaired) electrons. The topological polar surface area (TPSA) is 56.7 Å². The molecule has 0 unspecified atom stereocenters. The van der Waals surface area contributed by atoms with E-state index >= 15 is 0 Å². The zero-order valence-corrected chi connectivity index (χ0v) is 8.03. The second-order valence-corrected chi connectivity index (χ2v) is 3.73. The minimum Gasteiger partial charge on any atom is -0.396 e. The summed E-state index contributed by atoms with van der Waals surface area (Å²) in [5, 5.41) is 7.13. The van der Waals surface area contributed by atoms with Crippen molar-refractivity contribution in [3.63, 3.8) is 0 Å². The Morgan fingerprint density at radius 2 is 2.46 bits per heavy atom. The third-order valence-electron chi connectivity index (χ3n) is 1.83. The number of aromatic nitrogens is 3. The molecule has 0 amide bonds. The maximum Gasteiger partial charge on any atom is 0.117 e. The Labute approximate surface area is 80.0 Å². The second kappa shape index (κ2) is 3.18. The molecule has 1 atom stereocenters. The maximum absolute atomic E-state index is 5.57. The average molecular weight is 194 g/mol. The molecule has 0 spiro atoms. The maximum atomic E-state index is 5.57. The monoisotopic (exact) mass is 194 g/mol. The minimum absolute atomic E-state index is 0.164. The van der Waals surface area contributed by atoms with Crippen LogP contribution in [0.4, 0.5) is 5.69 Å². The number of nitrogens with two attached hydrogens (primary N) is 1. The molecule has 0 aliphatic heterocycles. The molecular weight excluding hydrogens is 184 g/mol. The first-order chi connectivity index (χ1) is 6.27. The number of anilines is 1. The van der Waals surface area contributed by atoms with E-state index in [4.69, 9.17) is 5.73 Å². The Morgan fingerprint density at radius 1 is 1.62 bits per heavy atom. The number of rotatable bonds is 2. The van der Waals surface area contributed by atoms with Crippen LogP contribution in [0.5, 0.6) is 0 Å². The van der Waals surface area contributed by atoms with Gasteiger partial charge in [0.05, 0.1) is 11.9 Å². The van der Waals surface area contributed by atoms with E-state index in [0.717, 1.165) is 5.01 Å². The summed E-state index contributed by atoms with van der Waals surface area (Å²) in [5.74, 6) is 0. The van der Waals surface area contributed by atoms with Crippen molar-refractivity contribution in [2.75, 3.05) is 5.73 Å². The van der Waals surface area contributed by atoms with E-state index in [-0.39, 0.29) is 6.04 Å². The molecule has 0 aliphatic rings. The van der Waals surface area contributed by atoms with Gasteiger partial charge in [-0.3, -0.25) is 4.68 Å². The third-order valence-corrected chi connectivity index (χ3v) is 2.77. The number of hydrogen-bond acceptors (Lipinski definition) is 4. The van der Waals surface area contributed by atoms with Crippen LogP contribution >= 0.6 is 11.3 Å². The van der Waals surface area contributed by atoms with Gasteiger partial charge in [0.15, 0.2) is 0 Å². The van der Waals surface area contributed by atoms with Crippen LogP contribution < -0.4 is 5.73 Å². The number of hydrogen-bond donors (Lipinski definition) is 1. The standard InChI is InChI=1S/C8H10N4S/c1-6(8-10-2-3-13-8)12-5-7(9)4-11-12/h2-6H,9H2,1H3/t6-/m1/s1. The van der Waals surface area contributed by atoms with Gasteiger partial charge >= 0.3 is 0 Å². The van der Waals surface area contributed by atoms with Crippen molar-refractivity contribution < 1.29 is 0 Å². The summed E-state index contributed by atoms with van der Waals surface area (Å²) in [4.78, 5) is 4.22. The predicted octanol–water partition coefficient (Wildman–Crippen LogP) is 1.53. The van der Waals surface area contributed by atoms with E-state index in [1.54, 1.807) is 23.7 Å². The van der Waals surface area contributed by atoms with Crippen molar-refractivity contribution in [2.45, 2.75) is 13.0 Å². The van der Waals surface area contributed by atoms with E-state index in [1.807, 2.05) is 23.2 Å². The fourth-order valence-electron chi connectivity index (χ4n) is 1.12. The fourth-order valence-corrected chi connectivity index (χ4v) is 1.81. The highest BCUT2D eigenvalue weighted by atomic mass is 32.1. The summed E-state index contributed by atoms with van der Waals surface area (Å²) >= 11 is 1.62. The van der Waals surface area contributed by atoms with Gasteiger partial charge < -0.3 is 5.73 Å². The van der Waals surface area contributed by atoms with Crippen LogP contribution in [0.25, 0.3) is 0 Å². The van der Waals surface area contributed by atoms with Crippen LogP contribution in [0.1, 0.15) is 18.0 Å². The van der Waals surface area contributed by atoms with Gasteiger partial charge in [0, 0.05) is 17.8 Å². The molecule has 2 heterocycles. The summed E-state index contributed by atoms with van der Waals surface area (Å²) in [7, 11) is 0. The van der Waals surface area contributed by atoms with Crippen LogP contribution in [0.15, 0.2) is 24.0 Å². The highest BCUT2D eigenvalue weighted by Crippen LogP contribution is 2.19. The summed E-state index contributed by atoms with van der Waals surface area (Å²) in [6.45, 7) is 2.05. The molecule has 2 aromatic heterocycles. The molecule has 2 N–H and O–H groups in total. The van der Waals surface area contributed by atoms with Gasteiger partial charge in [0.2, 0.25) is 0 Å². The SMILES string of the molecule is C[C@H](c1nccs1)n1cc(N)cn1. The number of nitrogen functional groups attached to an aromatic ring is 1. The molecule has 0 aromatic carbocycles. The van der Waals surface area contributed by atoms with Gasteiger partial charge in [-0.25, -0.2) is 4.98 Å². The summed E-state index contributed by atoms with van der Waals surface area (Å²) in [5.41, 5.74) is 6.25. The zero-order valence-electron chi connectivity index (χ0n) is 7.21. The first-order valence-electron chi connectivity index (χ1n) is 3.96. The van der Waals surface area contributed by atoms with Crippen molar-refractivity contribution >= 4 is 17.0 Å². The molecule has 2 aromatic rings. The van der Waals surface area contributed by atoms with E-state index in [1.165, 1.54) is 0 Å². The lowest BCUT2D eigenvalue weighted by molar-refractivity contribution is 0.562.